The van der Waals surface area contributed by atoms with Crippen LogP contribution in [0.4, 0.5) is 17.3 Å². The van der Waals surface area contributed by atoms with Crippen LogP contribution in [0.25, 0.3) is 0 Å². The van der Waals surface area contributed by atoms with E-state index in [-0.39, 0.29) is 17.6 Å². The van der Waals surface area contributed by atoms with Gasteiger partial charge in [-0.1, -0.05) is 0 Å². The van der Waals surface area contributed by atoms with Gasteiger partial charge in [-0.2, -0.15) is 0 Å². The third-order valence-electron chi connectivity index (χ3n) is 3.91. The molecule has 1 aromatic rings. The van der Waals surface area contributed by atoms with Crippen molar-refractivity contribution in [1.29, 1.82) is 0 Å². The van der Waals surface area contributed by atoms with Crippen LogP contribution < -0.4 is 10.2 Å². The minimum Gasteiger partial charge on any atom is -0.376 e. The third-order valence-corrected chi connectivity index (χ3v) is 3.91. The van der Waals surface area contributed by atoms with E-state index in [4.69, 9.17) is 4.74 Å². The first-order valence-corrected chi connectivity index (χ1v) is 7.35. The highest BCUT2D eigenvalue weighted by molar-refractivity contribution is 5.70. The molecule has 1 unspecified atom stereocenters. The molecule has 0 bridgehead atoms. The van der Waals surface area contributed by atoms with Crippen molar-refractivity contribution >= 4 is 17.3 Å². The molecule has 0 amide bonds. The molecule has 8 nitrogen and oxygen atoms in total. The van der Waals surface area contributed by atoms with Gasteiger partial charge >= 0.3 is 5.69 Å². The standard InChI is InChI=1S/C13H19N5O3/c19-18(20)11-12(14-8-10-4-3-7-21-10)15-9-16-13(11)17-5-1-2-6-17/h9-10H,1-8H2,(H,14,15,16). The van der Waals surface area contributed by atoms with Gasteiger partial charge < -0.3 is 15.0 Å². The Hall–Kier alpha value is -1.96. The number of ether oxygens (including phenoxy) is 1. The Morgan fingerprint density at radius 1 is 1.38 bits per heavy atom. The highest BCUT2D eigenvalue weighted by Gasteiger charge is 2.29. The van der Waals surface area contributed by atoms with Gasteiger partial charge in [0.2, 0.25) is 11.6 Å². The summed E-state index contributed by atoms with van der Waals surface area (Å²) in [6.07, 6.45) is 5.59. The maximum absolute atomic E-state index is 11.4. The van der Waals surface area contributed by atoms with Crippen LogP contribution in [-0.2, 0) is 4.74 Å². The van der Waals surface area contributed by atoms with Crippen LogP contribution in [-0.4, -0.2) is 47.2 Å². The SMILES string of the molecule is O=[N+]([O-])c1c(NCC2CCCO2)ncnc1N1CCCC1. The van der Waals surface area contributed by atoms with Crippen molar-refractivity contribution in [3.63, 3.8) is 0 Å². The van der Waals surface area contributed by atoms with Crippen LogP contribution in [0.5, 0.6) is 0 Å². The highest BCUT2D eigenvalue weighted by atomic mass is 16.6. The minimum atomic E-state index is -0.397. The lowest BCUT2D eigenvalue weighted by Crippen LogP contribution is -2.23. The van der Waals surface area contributed by atoms with Crippen LogP contribution in [0.3, 0.4) is 0 Å². The molecule has 1 atom stereocenters. The summed E-state index contributed by atoms with van der Waals surface area (Å²) in [6.45, 7) is 2.92. The number of nitro groups is 1. The van der Waals surface area contributed by atoms with Crippen molar-refractivity contribution in [1.82, 2.24) is 9.97 Å². The fourth-order valence-electron chi connectivity index (χ4n) is 2.84. The zero-order chi connectivity index (χ0) is 14.7. The number of hydrogen-bond acceptors (Lipinski definition) is 7. The van der Waals surface area contributed by atoms with Crippen molar-refractivity contribution < 1.29 is 9.66 Å². The second kappa shape index (κ2) is 6.21. The molecule has 0 saturated carbocycles. The third kappa shape index (κ3) is 3.05. The number of nitrogens with one attached hydrogen (secondary N) is 1. The summed E-state index contributed by atoms with van der Waals surface area (Å²) in [7, 11) is 0. The summed E-state index contributed by atoms with van der Waals surface area (Å²) in [6, 6.07) is 0. The molecule has 0 aromatic carbocycles. The molecule has 2 fully saturated rings. The van der Waals surface area contributed by atoms with Crippen molar-refractivity contribution in [3.05, 3.63) is 16.4 Å². The molecule has 0 radical (unpaired) electrons. The molecule has 21 heavy (non-hydrogen) atoms. The minimum absolute atomic E-state index is 0.0302. The Labute approximate surface area is 122 Å². The summed E-state index contributed by atoms with van der Waals surface area (Å²) in [4.78, 5) is 21.2. The number of anilines is 2. The van der Waals surface area contributed by atoms with Crippen LogP contribution >= 0.6 is 0 Å². The van der Waals surface area contributed by atoms with Crippen LogP contribution in [0.2, 0.25) is 0 Å². The summed E-state index contributed by atoms with van der Waals surface area (Å²) in [5.41, 5.74) is -0.0302. The Bertz CT molecular complexity index is 513. The predicted molar refractivity (Wildman–Crippen MR) is 77.6 cm³/mol. The van der Waals surface area contributed by atoms with E-state index >= 15 is 0 Å². The molecule has 114 valence electrons. The molecule has 8 heteroatoms. The first-order chi connectivity index (χ1) is 10.3. The molecule has 2 saturated heterocycles. The maximum Gasteiger partial charge on any atom is 0.353 e. The van der Waals surface area contributed by atoms with Crippen LogP contribution in [0.15, 0.2) is 6.33 Å². The van der Waals surface area contributed by atoms with Crippen molar-refractivity contribution in [2.24, 2.45) is 0 Å². The smallest absolute Gasteiger partial charge is 0.353 e. The van der Waals surface area contributed by atoms with E-state index in [9.17, 15) is 10.1 Å². The average Bonchev–Trinajstić information content (AvgIpc) is 3.17. The lowest BCUT2D eigenvalue weighted by Gasteiger charge is -2.17. The quantitative estimate of drug-likeness (QED) is 0.650. The van der Waals surface area contributed by atoms with Gasteiger partial charge in [0, 0.05) is 26.2 Å². The molecule has 3 heterocycles. The number of nitrogens with zero attached hydrogens (tertiary/aromatic N) is 4. The largest absolute Gasteiger partial charge is 0.376 e. The predicted octanol–water partition coefficient (Wildman–Crippen LogP) is 1.58. The molecule has 2 aliphatic heterocycles. The summed E-state index contributed by atoms with van der Waals surface area (Å²) in [5.74, 6) is 0.703. The van der Waals surface area contributed by atoms with Crippen molar-refractivity contribution in [2.45, 2.75) is 31.8 Å². The first-order valence-electron chi connectivity index (χ1n) is 7.35. The molecule has 0 aliphatic carbocycles. The van der Waals surface area contributed by atoms with E-state index in [1.54, 1.807) is 0 Å². The van der Waals surface area contributed by atoms with E-state index in [2.05, 4.69) is 15.3 Å². The lowest BCUT2D eigenvalue weighted by atomic mass is 10.2. The molecule has 1 aromatic heterocycles. The van der Waals surface area contributed by atoms with Gasteiger partial charge in [-0.25, -0.2) is 9.97 Å². The zero-order valence-corrected chi connectivity index (χ0v) is 11.8. The van der Waals surface area contributed by atoms with Gasteiger partial charge in [-0.05, 0) is 25.7 Å². The van der Waals surface area contributed by atoms with E-state index in [0.717, 1.165) is 45.4 Å². The summed E-state index contributed by atoms with van der Waals surface area (Å²) >= 11 is 0. The van der Waals surface area contributed by atoms with Crippen molar-refractivity contribution in [3.8, 4) is 0 Å². The van der Waals surface area contributed by atoms with Gasteiger partial charge in [0.1, 0.15) is 6.33 Å². The molecule has 2 aliphatic rings. The molecule has 3 rings (SSSR count). The fourth-order valence-corrected chi connectivity index (χ4v) is 2.84. The Morgan fingerprint density at radius 2 is 2.19 bits per heavy atom. The first kappa shape index (κ1) is 14.0. The van der Waals surface area contributed by atoms with Gasteiger partial charge in [-0.15, -0.1) is 0 Å². The second-order valence-corrected chi connectivity index (χ2v) is 5.36. The van der Waals surface area contributed by atoms with Crippen molar-refractivity contribution in [2.75, 3.05) is 36.5 Å². The second-order valence-electron chi connectivity index (χ2n) is 5.36. The monoisotopic (exact) mass is 293 g/mol. The molecular formula is C13H19N5O3. The van der Waals surface area contributed by atoms with Gasteiger partial charge in [0.15, 0.2) is 0 Å². The number of hydrogen-bond donors (Lipinski definition) is 1. The van der Waals surface area contributed by atoms with Crippen LogP contribution in [0.1, 0.15) is 25.7 Å². The van der Waals surface area contributed by atoms with E-state index < -0.39 is 4.92 Å². The molecule has 1 N–H and O–H groups in total. The summed E-state index contributed by atoms with van der Waals surface area (Å²) in [5, 5.41) is 14.5. The van der Waals surface area contributed by atoms with Crippen LogP contribution in [0, 0.1) is 10.1 Å². The summed E-state index contributed by atoms with van der Waals surface area (Å²) < 4.78 is 5.52. The zero-order valence-electron chi connectivity index (χ0n) is 11.8. The normalized spacial score (nSPS) is 21.7. The lowest BCUT2D eigenvalue weighted by molar-refractivity contribution is -0.383. The highest BCUT2D eigenvalue weighted by Crippen LogP contribution is 2.33. The Balaban J connectivity index is 1.81. The average molecular weight is 293 g/mol. The Kier molecular flexibility index (Phi) is 4.14. The fraction of sp³-hybridized carbons (Fsp3) is 0.692. The van der Waals surface area contributed by atoms with Gasteiger partial charge in [-0.3, -0.25) is 10.1 Å². The van der Waals surface area contributed by atoms with Gasteiger partial charge in [0.25, 0.3) is 0 Å². The van der Waals surface area contributed by atoms with Gasteiger partial charge in [0.05, 0.1) is 11.0 Å². The van der Waals surface area contributed by atoms with E-state index in [1.165, 1.54) is 6.33 Å². The molecular weight excluding hydrogens is 274 g/mol. The topological polar surface area (TPSA) is 93.4 Å². The number of aromatic nitrogens is 2. The molecule has 0 spiro atoms. The number of rotatable bonds is 5. The van der Waals surface area contributed by atoms with E-state index in [0.29, 0.717) is 12.4 Å². The van der Waals surface area contributed by atoms with E-state index in [1.807, 2.05) is 4.90 Å². The Morgan fingerprint density at radius 3 is 2.86 bits per heavy atom. The maximum atomic E-state index is 11.4.